The van der Waals surface area contributed by atoms with E-state index in [2.05, 4.69) is 78.6 Å². The highest BCUT2D eigenvalue weighted by Gasteiger charge is 2.34. The molecule has 0 amide bonds. The zero-order valence-corrected chi connectivity index (χ0v) is 33.8. The molecule has 0 saturated carbocycles. The van der Waals surface area contributed by atoms with E-state index in [0.29, 0.717) is 22.1 Å². The van der Waals surface area contributed by atoms with E-state index in [9.17, 15) is 4.79 Å². The van der Waals surface area contributed by atoms with Crippen LogP contribution in [0, 0.1) is 23.0 Å². The summed E-state index contributed by atoms with van der Waals surface area (Å²) in [5, 5.41) is 5.62. The Morgan fingerprint density at radius 1 is 1.06 bits per heavy atom. The van der Waals surface area contributed by atoms with Gasteiger partial charge in [0.15, 0.2) is 11.6 Å². The van der Waals surface area contributed by atoms with Crippen LogP contribution in [-0.4, -0.2) is 37.1 Å². The molecular formula is C39H43BrF2IN3O3S. The van der Waals surface area contributed by atoms with Gasteiger partial charge in [-0.1, -0.05) is 58.4 Å². The molecule has 0 aliphatic rings. The van der Waals surface area contributed by atoms with E-state index in [1.165, 1.54) is 25.3 Å². The summed E-state index contributed by atoms with van der Waals surface area (Å²) < 4.78 is 46.4. The number of aromatic nitrogens is 3. The summed E-state index contributed by atoms with van der Waals surface area (Å²) in [6.07, 6.45) is 6.71. The minimum absolute atomic E-state index is 0.0258. The van der Waals surface area contributed by atoms with E-state index in [1.54, 1.807) is 21.1 Å². The number of halogens is 4. The average Bonchev–Trinajstić information content (AvgIpc) is 3.73. The quantitative estimate of drug-likeness (QED) is 0.0774. The van der Waals surface area contributed by atoms with Crippen molar-refractivity contribution in [3.05, 3.63) is 100 Å². The summed E-state index contributed by atoms with van der Waals surface area (Å²) in [6, 6.07) is 17.8. The molecule has 0 bridgehead atoms. The minimum Gasteiger partial charge on any atom is -0.469 e. The summed E-state index contributed by atoms with van der Waals surface area (Å²) >= 11 is 7.57. The molecule has 11 heteroatoms. The first kappa shape index (κ1) is 38.3. The summed E-state index contributed by atoms with van der Waals surface area (Å²) in [5.41, 5.74) is 3.06. The second kappa shape index (κ2) is 16.2. The Balaban J connectivity index is 1.54. The normalized spacial score (nSPS) is 13.7. The maximum Gasteiger partial charge on any atom is 0.308 e. The summed E-state index contributed by atoms with van der Waals surface area (Å²) in [5.74, 6) is 0.917. The van der Waals surface area contributed by atoms with E-state index in [4.69, 9.17) is 14.6 Å². The molecular weight excluding hydrogens is 835 g/mol. The van der Waals surface area contributed by atoms with Gasteiger partial charge in [0.2, 0.25) is 0 Å². The van der Waals surface area contributed by atoms with Crippen molar-refractivity contribution in [3.8, 4) is 22.8 Å². The third-order valence-electron chi connectivity index (χ3n) is 9.25. The summed E-state index contributed by atoms with van der Waals surface area (Å²) in [7, 11) is 1.40. The Kier molecular flexibility index (Phi) is 12.4. The summed E-state index contributed by atoms with van der Waals surface area (Å²) in [6.45, 7) is 10.8. The van der Waals surface area contributed by atoms with Gasteiger partial charge in [-0.05, 0) is 100 Å². The zero-order valence-electron chi connectivity index (χ0n) is 29.2. The smallest absolute Gasteiger partial charge is 0.308 e. The molecule has 0 fully saturated rings. The van der Waals surface area contributed by atoms with Crippen LogP contribution in [0.25, 0.3) is 22.2 Å². The molecule has 2 atom stereocenters. The second-order valence-corrected chi connectivity index (χ2v) is 16.8. The lowest BCUT2D eigenvalue weighted by Gasteiger charge is -2.35. The number of carbonyl (C=O) groups is 1. The van der Waals surface area contributed by atoms with Crippen molar-refractivity contribution in [1.82, 2.24) is 12.6 Å². The number of methoxy groups -OCH3 is 1. The highest BCUT2D eigenvalue weighted by atomic mass is 127. The number of esters is 1. The molecule has 0 aliphatic carbocycles. The van der Waals surface area contributed by atoms with Crippen molar-refractivity contribution in [3.63, 3.8) is 0 Å². The van der Waals surface area contributed by atoms with E-state index in [0.717, 1.165) is 47.3 Å². The standard InChI is InChI=1S/C39H43BrF2IN3O3S/c1-7-50-24-38(3,4)16-9-17-39(5,27-11-8-10-26(21-27)20-25(2)37(47)48-6)46-33(14-18-44-46)30-22-28(12-13-31(30)41)49-36-32(42)23-34-29(35(36)40)15-19-45(34)43/h8,10-15,18-19,21-23,25H,7,9,16-17,20,24H2,1-6H3/t25-,39?/m1/s1. The summed E-state index contributed by atoms with van der Waals surface area (Å²) in [4.78, 5) is 12.3. The van der Waals surface area contributed by atoms with Crippen molar-refractivity contribution in [2.45, 2.75) is 65.8 Å². The Morgan fingerprint density at radius 2 is 1.84 bits per heavy atom. The molecule has 5 rings (SSSR count). The monoisotopic (exact) mass is 877 g/mol. The Labute approximate surface area is 319 Å². The lowest BCUT2D eigenvalue weighted by molar-refractivity contribution is -0.144. The molecule has 0 saturated heterocycles. The third kappa shape index (κ3) is 8.41. The fourth-order valence-corrected chi connectivity index (χ4v) is 8.51. The lowest BCUT2D eigenvalue weighted by atomic mass is 9.81. The van der Waals surface area contributed by atoms with Gasteiger partial charge in [-0.2, -0.15) is 16.9 Å². The van der Waals surface area contributed by atoms with Crippen molar-refractivity contribution >= 4 is 67.4 Å². The van der Waals surface area contributed by atoms with Gasteiger partial charge in [-0.25, -0.2) is 8.78 Å². The van der Waals surface area contributed by atoms with Gasteiger partial charge in [0.05, 0.1) is 57.1 Å². The van der Waals surface area contributed by atoms with E-state index >= 15 is 8.78 Å². The molecule has 0 radical (unpaired) electrons. The van der Waals surface area contributed by atoms with E-state index in [1.807, 2.05) is 47.8 Å². The average molecular weight is 879 g/mol. The first-order chi connectivity index (χ1) is 23.8. The zero-order chi connectivity index (χ0) is 36.2. The first-order valence-corrected chi connectivity index (χ1v) is 19.6. The number of fused-ring (bicyclic) bond motifs is 1. The maximum atomic E-state index is 15.8. The van der Waals surface area contributed by atoms with Crippen LogP contribution in [0.3, 0.4) is 0 Å². The Morgan fingerprint density at radius 3 is 2.58 bits per heavy atom. The molecule has 0 N–H and O–H groups in total. The van der Waals surface area contributed by atoms with Crippen molar-refractivity contribution in [2.75, 3.05) is 18.6 Å². The second-order valence-electron chi connectivity index (χ2n) is 13.7. The van der Waals surface area contributed by atoms with Gasteiger partial charge in [0.25, 0.3) is 0 Å². The number of benzene rings is 3. The van der Waals surface area contributed by atoms with Crippen LogP contribution in [-0.2, 0) is 21.5 Å². The molecule has 0 spiro atoms. The fourth-order valence-electron chi connectivity index (χ4n) is 6.44. The minimum atomic E-state index is -0.673. The van der Waals surface area contributed by atoms with Crippen molar-refractivity contribution in [2.24, 2.45) is 11.3 Å². The van der Waals surface area contributed by atoms with E-state index < -0.39 is 17.2 Å². The predicted octanol–water partition coefficient (Wildman–Crippen LogP) is 11.6. The van der Waals surface area contributed by atoms with Crippen molar-refractivity contribution in [1.29, 1.82) is 0 Å². The van der Waals surface area contributed by atoms with Crippen LogP contribution >= 0.6 is 50.6 Å². The molecule has 2 aromatic heterocycles. The van der Waals surface area contributed by atoms with Gasteiger partial charge in [0.1, 0.15) is 11.6 Å². The molecule has 1 unspecified atom stereocenters. The van der Waals surface area contributed by atoms with Gasteiger partial charge < -0.3 is 9.47 Å². The highest BCUT2D eigenvalue weighted by Crippen LogP contribution is 2.42. The predicted molar refractivity (Wildman–Crippen MR) is 211 cm³/mol. The molecule has 6 nitrogen and oxygen atoms in total. The number of hydrogen-bond acceptors (Lipinski definition) is 5. The van der Waals surface area contributed by atoms with Gasteiger partial charge in [-0.3, -0.25) is 12.3 Å². The van der Waals surface area contributed by atoms with Crippen LogP contribution in [0.5, 0.6) is 11.5 Å². The largest absolute Gasteiger partial charge is 0.469 e. The van der Waals surface area contributed by atoms with Gasteiger partial charge in [-0.15, -0.1) is 0 Å². The van der Waals surface area contributed by atoms with Gasteiger partial charge in [0, 0.05) is 29.4 Å². The first-order valence-electron chi connectivity index (χ1n) is 16.7. The maximum absolute atomic E-state index is 15.8. The molecule has 2 heterocycles. The lowest BCUT2D eigenvalue weighted by Crippen LogP contribution is -2.34. The topological polar surface area (TPSA) is 58.3 Å². The van der Waals surface area contributed by atoms with Crippen LogP contribution in [0.1, 0.15) is 65.0 Å². The highest BCUT2D eigenvalue weighted by molar-refractivity contribution is 14.1. The molecule has 0 aliphatic heterocycles. The molecule has 50 heavy (non-hydrogen) atoms. The number of thioether (sulfide) groups is 1. The Bertz CT molecular complexity index is 1980. The molecule has 3 aromatic carbocycles. The molecule has 266 valence electrons. The van der Waals surface area contributed by atoms with E-state index in [-0.39, 0.29) is 34.4 Å². The van der Waals surface area contributed by atoms with Crippen LogP contribution in [0.2, 0.25) is 0 Å². The SMILES string of the molecule is CCSCC(C)(C)CCCC(C)(c1cccc(C[C@@H](C)C(=O)OC)c1)n1nccc1-c1cc(Oc2c(F)cc3c(ccn3I)c2Br)ccc1F. The van der Waals surface area contributed by atoms with Crippen LogP contribution in [0.15, 0.2) is 77.5 Å². The number of nitrogens with zero attached hydrogens (tertiary/aromatic N) is 3. The number of ether oxygens (including phenoxy) is 2. The van der Waals surface area contributed by atoms with Gasteiger partial charge >= 0.3 is 5.97 Å². The van der Waals surface area contributed by atoms with Crippen LogP contribution < -0.4 is 4.74 Å². The molecule has 5 aromatic rings. The van der Waals surface area contributed by atoms with Crippen molar-refractivity contribution < 1.29 is 23.0 Å². The third-order valence-corrected chi connectivity index (χ3v) is 12.3. The number of rotatable bonds is 15. The number of carbonyl (C=O) groups excluding carboxylic acids is 1. The fraction of sp³-hybridized carbons (Fsp3) is 0.385. The van der Waals surface area contributed by atoms with Crippen LogP contribution in [0.4, 0.5) is 8.78 Å². The number of hydrogen-bond donors (Lipinski definition) is 0. The Hall–Kier alpha value is -2.90.